The molecule has 2 aromatic heterocycles. The van der Waals surface area contributed by atoms with Crippen LogP contribution in [0.25, 0.3) is 0 Å². The summed E-state index contributed by atoms with van der Waals surface area (Å²) >= 11 is 0. The second kappa shape index (κ2) is 6.60. The molecule has 0 atom stereocenters. The average molecular weight is 295 g/mol. The van der Waals surface area contributed by atoms with Crippen LogP contribution in [-0.4, -0.2) is 29.9 Å². The third-order valence-corrected chi connectivity index (χ3v) is 4.12. The molecule has 2 rings (SSSR count). The fourth-order valence-electron chi connectivity index (χ4n) is 1.66. The van der Waals surface area contributed by atoms with Crippen LogP contribution in [0.4, 0.5) is 0 Å². The number of H-pyrrole nitrogens is 1. The summed E-state index contributed by atoms with van der Waals surface area (Å²) in [6, 6.07) is 3.11. The Labute approximate surface area is 117 Å². The lowest BCUT2D eigenvalue weighted by Gasteiger charge is -2.06. The molecular formula is C12H17N5O2S. The summed E-state index contributed by atoms with van der Waals surface area (Å²) in [5.74, 6) is 0.842. The SMILES string of the molecule is NCc1ccc(S(=O)(=O)NCCCc2ncc[nH]2)nc1. The highest BCUT2D eigenvalue weighted by Gasteiger charge is 2.14. The van der Waals surface area contributed by atoms with Crippen LogP contribution in [-0.2, 0) is 23.0 Å². The summed E-state index contributed by atoms with van der Waals surface area (Å²) in [5.41, 5.74) is 6.23. The van der Waals surface area contributed by atoms with Crippen molar-refractivity contribution in [2.45, 2.75) is 24.4 Å². The maximum atomic E-state index is 12.0. The lowest BCUT2D eigenvalue weighted by Crippen LogP contribution is -2.26. The predicted molar refractivity (Wildman–Crippen MR) is 74.2 cm³/mol. The van der Waals surface area contributed by atoms with Gasteiger partial charge in [0, 0.05) is 38.1 Å². The molecule has 20 heavy (non-hydrogen) atoms. The topological polar surface area (TPSA) is 114 Å². The van der Waals surface area contributed by atoms with Crippen LogP contribution in [0.1, 0.15) is 17.8 Å². The van der Waals surface area contributed by atoms with Crippen LogP contribution in [0.2, 0.25) is 0 Å². The first kappa shape index (κ1) is 14.6. The fraction of sp³-hybridized carbons (Fsp3) is 0.333. The monoisotopic (exact) mass is 295 g/mol. The van der Waals surface area contributed by atoms with E-state index in [-0.39, 0.29) is 5.03 Å². The Morgan fingerprint density at radius 3 is 2.75 bits per heavy atom. The molecule has 0 amide bonds. The minimum Gasteiger partial charge on any atom is -0.349 e. The predicted octanol–water partition coefficient (Wildman–Crippen LogP) is 0.174. The molecule has 108 valence electrons. The van der Waals surface area contributed by atoms with Gasteiger partial charge in [0.15, 0.2) is 5.03 Å². The first-order valence-electron chi connectivity index (χ1n) is 6.25. The Balaban J connectivity index is 1.86. The first-order valence-corrected chi connectivity index (χ1v) is 7.73. The highest BCUT2D eigenvalue weighted by Crippen LogP contribution is 2.06. The van der Waals surface area contributed by atoms with Gasteiger partial charge in [0.2, 0.25) is 0 Å². The van der Waals surface area contributed by atoms with E-state index < -0.39 is 10.0 Å². The molecule has 0 radical (unpaired) electrons. The van der Waals surface area contributed by atoms with Crippen LogP contribution in [0.3, 0.4) is 0 Å². The third kappa shape index (κ3) is 3.86. The smallest absolute Gasteiger partial charge is 0.258 e. The maximum absolute atomic E-state index is 12.0. The van der Waals surface area contributed by atoms with Crippen LogP contribution >= 0.6 is 0 Å². The Hall–Kier alpha value is -1.77. The number of aromatic nitrogens is 3. The van der Waals surface area contributed by atoms with E-state index in [1.54, 1.807) is 18.5 Å². The number of hydrogen-bond acceptors (Lipinski definition) is 5. The number of nitrogens with one attached hydrogen (secondary N) is 2. The summed E-state index contributed by atoms with van der Waals surface area (Å²) < 4.78 is 26.4. The van der Waals surface area contributed by atoms with Gasteiger partial charge in [-0.2, -0.15) is 0 Å². The van der Waals surface area contributed by atoms with Gasteiger partial charge >= 0.3 is 0 Å². The van der Waals surface area contributed by atoms with Gasteiger partial charge in [0.25, 0.3) is 10.0 Å². The van der Waals surface area contributed by atoms with Crippen molar-refractivity contribution in [2.24, 2.45) is 5.73 Å². The van der Waals surface area contributed by atoms with Crippen LogP contribution in [0.15, 0.2) is 35.7 Å². The number of hydrogen-bond donors (Lipinski definition) is 3. The summed E-state index contributed by atoms with van der Waals surface area (Å²) in [6.45, 7) is 0.674. The molecule has 0 aromatic carbocycles. The Morgan fingerprint density at radius 1 is 1.30 bits per heavy atom. The molecular weight excluding hydrogens is 278 g/mol. The van der Waals surface area contributed by atoms with Crippen molar-refractivity contribution in [1.82, 2.24) is 19.7 Å². The average Bonchev–Trinajstić information content (AvgIpc) is 2.97. The Morgan fingerprint density at radius 2 is 2.15 bits per heavy atom. The number of imidazole rings is 1. The molecule has 0 saturated carbocycles. The minimum atomic E-state index is -3.56. The van der Waals surface area contributed by atoms with Gasteiger partial charge < -0.3 is 10.7 Å². The van der Waals surface area contributed by atoms with E-state index in [1.807, 2.05) is 0 Å². The van der Waals surface area contributed by atoms with Crippen LogP contribution in [0.5, 0.6) is 0 Å². The largest absolute Gasteiger partial charge is 0.349 e. The zero-order chi connectivity index (χ0) is 14.4. The van der Waals surface area contributed by atoms with Gasteiger partial charge in [-0.05, 0) is 18.1 Å². The molecule has 0 spiro atoms. The van der Waals surface area contributed by atoms with Gasteiger partial charge in [-0.25, -0.2) is 23.1 Å². The van der Waals surface area contributed by atoms with E-state index in [9.17, 15) is 8.42 Å². The van der Waals surface area contributed by atoms with Gasteiger partial charge in [-0.15, -0.1) is 0 Å². The van der Waals surface area contributed by atoms with E-state index in [0.29, 0.717) is 25.9 Å². The molecule has 7 nitrogen and oxygen atoms in total. The molecule has 0 unspecified atom stereocenters. The van der Waals surface area contributed by atoms with Crippen molar-refractivity contribution < 1.29 is 8.42 Å². The highest BCUT2D eigenvalue weighted by molar-refractivity contribution is 7.89. The summed E-state index contributed by atoms with van der Waals surface area (Å²) in [5, 5.41) is 0.00713. The fourth-order valence-corrected chi connectivity index (χ4v) is 2.66. The maximum Gasteiger partial charge on any atom is 0.258 e. The number of aryl methyl sites for hydroxylation is 1. The molecule has 2 heterocycles. The van der Waals surface area contributed by atoms with E-state index >= 15 is 0 Å². The van der Waals surface area contributed by atoms with Gasteiger partial charge in [-0.1, -0.05) is 6.07 Å². The van der Waals surface area contributed by atoms with E-state index in [0.717, 1.165) is 11.4 Å². The van der Waals surface area contributed by atoms with Crippen molar-refractivity contribution in [3.05, 3.63) is 42.1 Å². The lowest BCUT2D eigenvalue weighted by molar-refractivity contribution is 0.574. The second-order valence-electron chi connectivity index (χ2n) is 4.25. The Kier molecular flexibility index (Phi) is 4.83. The normalized spacial score (nSPS) is 11.7. The van der Waals surface area contributed by atoms with Crippen molar-refractivity contribution in [3.63, 3.8) is 0 Å². The zero-order valence-electron chi connectivity index (χ0n) is 10.9. The molecule has 0 aliphatic rings. The number of nitrogens with two attached hydrogens (primary N) is 1. The number of pyridine rings is 1. The van der Waals surface area contributed by atoms with Crippen molar-refractivity contribution in [1.29, 1.82) is 0 Å². The van der Waals surface area contributed by atoms with Crippen molar-refractivity contribution in [3.8, 4) is 0 Å². The van der Waals surface area contributed by atoms with Crippen LogP contribution < -0.4 is 10.5 Å². The standard InChI is InChI=1S/C12H17N5O2S/c13-8-10-3-4-12(16-9-10)20(18,19)17-5-1-2-11-14-6-7-15-11/h3-4,6-7,9,17H,1-2,5,8,13H2,(H,14,15). The van der Waals surface area contributed by atoms with Gasteiger partial charge in [0.1, 0.15) is 5.82 Å². The van der Waals surface area contributed by atoms with Crippen molar-refractivity contribution in [2.75, 3.05) is 6.54 Å². The molecule has 0 aliphatic carbocycles. The molecule has 0 saturated heterocycles. The van der Waals surface area contributed by atoms with E-state index in [1.165, 1.54) is 12.3 Å². The highest BCUT2D eigenvalue weighted by atomic mass is 32.2. The molecule has 4 N–H and O–H groups in total. The number of sulfonamides is 1. The summed E-state index contributed by atoms with van der Waals surface area (Å²) in [7, 11) is -3.56. The number of nitrogens with zero attached hydrogens (tertiary/aromatic N) is 2. The van der Waals surface area contributed by atoms with Crippen LogP contribution in [0, 0.1) is 0 Å². The lowest BCUT2D eigenvalue weighted by atomic mass is 10.3. The van der Waals surface area contributed by atoms with Gasteiger partial charge in [0.05, 0.1) is 0 Å². The molecule has 0 aliphatic heterocycles. The number of aromatic amines is 1. The van der Waals surface area contributed by atoms with E-state index in [4.69, 9.17) is 5.73 Å². The zero-order valence-corrected chi connectivity index (χ0v) is 11.7. The Bertz CT molecular complexity index is 622. The molecule has 2 aromatic rings. The molecule has 0 fully saturated rings. The first-order chi connectivity index (χ1) is 9.62. The third-order valence-electron chi connectivity index (χ3n) is 2.75. The van der Waals surface area contributed by atoms with Crippen molar-refractivity contribution >= 4 is 10.0 Å². The second-order valence-corrected chi connectivity index (χ2v) is 5.96. The quantitative estimate of drug-likeness (QED) is 0.630. The molecule has 0 bridgehead atoms. The molecule has 8 heteroatoms. The minimum absolute atomic E-state index is 0.00713. The van der Waals surface area contributed by atoms with Gasteiger partial charge in [-0.3, -0.25) is 0 Å². The van der Waals surface area contributed by atoms with E-state index in [2.05, 4.69) is 19.7 Å². The number of rotatable bonds is 7. The summed E-state index contributed by atoms with van der Waals surface area (Å²) in [4.78, 5) is 10.9. The summed E-state index contributed by atoms with van der Waals surface area (Å²) in [6.07, 6.45) is 6.23.